The van der Waals surface area contributed by atoms with Crippen molar-refractivity contribution in [1.82, 2.24) is 5.32 Å². The van der Waals surface area contributed by atoms with Crippen molar-refractivity contribution in [3.63, 3.8) is 0 Å². The highest BCUT2D eigenvalue weighted by Gasteiger charge is 2.26. The summed E-state index contributed by atoms with van der Waals surface area (Å²) in [4.78, 5) is 36.2. The van der Waals surface area contributed by atoms with Crippen molar-refractivity contribution in [2.45, 2.75) is 51.7 Å². The van der Waals surface area contributed by atoms with E-state index in [-0.39, 0.29) is 5.63 Å². The molecule has 1 aromatic carbocycles. The topological polar surface area (TPSA) is 106 Å². The molecule has 1 aliphatic carbocycles. The first-order chi connectivity index (χ1) is 13.8. The molecule has 156 valence electrons. The van der Waals surface area contributed by atoms with Gasteiger partial charge in [0.05, 0.1) is 5.39 Å². The number of aliphatic carboxylic acids is 1. The van der Waals surface area contributed by atoms with Gasteiger partial charge in [-0.25, -0.2) is 9.59 Å². The van der Waals surface area contributed by atoms with E-state index in [9.17, 15) is 19.5 Å². The number of benzene rings is 1. The standard InChI is InChI=1S/C21H25NO6S/c1-11-9-16(18-13-5-4-6-14(13)21(26)28-17(18)10-11)27-12(2)19(23)22-15(20(24)25)7-8-29-3/h9-10,12,15H,4-8H2,1-3H3,(H,22,23)(H,24,25)/t12-,15-/m0/s1. The Morgan fingerprint density at radius 2 is 2.03 bits per heavy atom. The third-order valence-corrected chi connectivity index (χ3v) is 5.72. The molecule has 1 amide bonds. The van der Waals surface area contributed by atoms with Crippen molar-refractivity contribution < 1.29 is 23.8 Å². The Morgan fingerprint density at radius 3 is 2.72 bits per heavy atom. The maximum atomic E-state index is 12.6. The van der Waals surface area contributed by atoms with Gasteiger partial charge >= 0.3 is 11.6 Å². The molecule has 0 unspecified atom stereocenters. The van der Waals surface area contributed by atoms with E-state index in [0.717, 1.165) is 29.4 Å². The Hall–Kier alpha value is -2.48. The molecule has 1 heterocycles. The molecule has 7 nitrogen and oxygen atoms in total. The molecule has 1 aliphatic rings. The van der Waals surface area contributed by atoms with E-state index in [1.165, 1.54) is 11.8 Å². The minimum absolute atomic E-state index is 0.314. The predicted octanol–water partition coefficient (Wildman–Crippen LogP) is 2.68. The summed E-state index contributed by atoms with van der Waals surface area (Å²) in [5.41, 5.74) is 2.56. The summed E-state index contributed by atoms with van der Waals surface area (Å²) in [6.45, 7) is 3.43. The van der Waals surface area contributed by atoms with Gasteiger partial charge in [0.1, 0.15) is 17.4 Å². The molecular formula is C21H25NO6S. The summed E-state index contributed by atoms with van der Waals surface area (Å²) in [6.07, 6.45) is 3.62. The molecular weight excluding hydrogens is 394 g/mol. The molecule has 0 bridgehead atoms. The van der Waals surface area contributed by atoms with Gasteiger partial charge < -0.3 is 19.6 Å². The summed E-state index contributed by atoms with van der Waals surface area (Å²) in [5.74, 6) is -0.469. The van der Waals surface area contributed by atoms with E-state index in [2.05, 4.69) is 5.32 Å². The minimum Gasteiger partial charge on any atom is -0.480 e. The molecule has 0 saturated heterocycles. The second kappa shape index (κ2) is 8.90. The SMILES string of the molecule is CSCC[C@H](NC(=O)[C@H](C)Oc1cc(C)cc2oc(=O)c3c(c12)CCC3)C(=O)O. The summed E-state index contributed by atoms with van der Waals surface area (Å²) in [6, 6.07) is 2.64. The number of hydrogen-bond acceptors (Lipinski definition) is 6. The van der Waals surface area contributed by atoms with Gasteiger partial charge in [-0.3, -0.25) is 4.79 Å². The number of carboxylic acids is 1. The van der Waals surface area contributed by atoms with E-state index in [0.29, 0.717) is 35.5 Å². The molecule has 2 aromatic rings. The first-order valence-corrected chi connectivity index (χ1v) is 11.0. The number of thioether (sulfide) groups is 1. The number of carbonyl (C=O) groups excluding carboxylic acids is 1. The Bertz CT molecular complexity index is 999. The van der Waals surface area contributed by atoms with E-state index >= 15 is 0 Å². The molecule has 0 radical (unpaired) electrons. The van der Waals surface area contributed by atoms with E-state index in [4.69, 9.17) is 9.15 Å². The van der Waals surface area contributed by atoms with Gasteiger partial charge in [-0.1, -0.05) is 0 Å². The van der Waals surface area contributed by atoms with Gasteiger partial charge in [-0.2, -0.15) is 11.8 Å². The Balaban J connectivity index is 1.87. The number of fused-ring (bicyclic) bond motifs is 3. The van der Waals surface area contributed by atoms with Gasteiger partial charge in [-0.05, 0) is 74.8 Å². The highest BCUT2D eigenvalue weighted by atomic mass is 32.2. The van der Waals surface area contributed by atoms with E-state index in [1.807, 2.05) is 19.2 Å². The van der Waals surface area contributed by atoms with Crippen LogP contribution in [0.4, 0.5) is 0 Å². The summed E-state index contributed by atoms with van der Waals surface area (Å²) in [7, 11) is 0. The van der Waals surface area contributed by atoms with Gasteiger partial charge in [0.25, 0.3) is 5.91 Å². The van der Waals surface area contributed by atoms with Crippen LogP contribution in [-0.4, -0.2) is 41.1 Å². The first-order valence-electron chi connectivity index (χ1n) is 9.59. The van der Waals surface area contributed by atoms with Gasteiger partial charge in [0.2, 0.25) is 0 Å². The normalized spacial score (nSPS) is 15.0. The third kappa shape index (κ3) is 4.58. The number of ether oxygens (including phenoxy) is 1. The highest BCUT2D eigenvalue weighted by molar-refractivity contribution is 7.98. The van der Waals surface area contributed by atoms with Crippen molar-refractivity contribution in [3.05, 3.63) is 39.2 Å². The van der Waals surface area contributed by atoms with Crippen LogP contribution in [0.15, 0.2) is 21.3 Å². The summed E-state index contributed by atoms with van der Waals surface area (Å²) >= 11 is 1.52. The van der Waals surface area contributed by atoms with Crippen LogP contribution in [0.2, 0.25) is 0 Å². The number of hydrogen-bond donors (Lipinski definition) is 2. The average molecular weight is 419 g/mol. The predicted molar refractivity (Wildman–Crippen MR) is 112 cm³/mol. The number of aryl methyl sites for hydroxylation is 2. The van der Waals surface area contributed by atoms with Crippen LogP contribution in [0.3, 0.4) is 0 Å². The summed E-state index contributed by atoms with van der Waals surface area (Å²) in [5, 5.41) is 12.6. The second-order valence-electron chi connectivity index (χ2n) is 7.28. The maximum Gasteiger partial charge on any atom is 0.339 e. The van der Waals surface area contributed by atoms with Crippen LogP contribution < -0.4 is 15.7 Å². The molecule has 29 heavy (non-hydrogen) atoms. The quantitative estimate of drug-likeness (QED) is 0.634. The lowest BCUT2D eigenvalue weighted by atomic mass is 10.0. The number of nitrogens with one attached hydrogen (secondary N) is 1. The first kappa shape index (κ1) is 21.2. The fourth-order valence-electron chi connectivity index (χ4n) is 3.62. The van der Waals surface area contributed by atoms with Gasteiger partial charge in [0, 0.05) is 5.56 Å². The van der Waals surface area contributed by atoms with Gasteiger partial charge in [0.15, 0.2) is 6.10 Å². The van der Waals surface area contributed by atoms with Crippen LogP contribution in [0.1, 0.15) is 36.5 Å². The Labute approximate surface area is 172 Å². The fourth-order valence-corrected chi connectivity index (χ4v) is 4.10. The van der Waals surface area contributed by atoms with Crippen LogP contribution in [-0.2, 0) is 22.4 Å². The van der Waals surface area contributed by atoms with Crippen LogP contribution >= 0.6 is 11.8 Å². The molecule has 3 rings (SSSR count). The Kier molecular flexibility index (Phi) is 6.52. The lowest BCUT2D eigenvalue weighted by Gasteiger charge is -2.20. The molecule has 0 aliphatic heterocycles. The van der Waals surface area contributed by atoms with E-state index < -0.39 is 24.0 Å². The van der Waals surface area contributed by atoms with Crippen molar-refractivity contribution in [2.75, 3.05) is 12.0 Å². The maximum absolute atomic E-state index is 12.6. The largest absolute Gasteiger partial charge is 0.480 e. The zero-order chi connectivity index (χ0) is 21.1. The molecule has 2 N–H and O–H groups in total. The number of carbonyl (C=O) groups is 2. The second-order valence-corrected chi connectivity index (χ2v) is 8.26. The molecule has 0 saturated carbocycles. The fraction of sp³-hybridized carbons (Fsp3) is 0.476. The zero-order valence-electron chi connectivity index (χ0n) is 16.7. The average Bonchev–Trinajstić information content (AvgIpc) is 3.14. The lowest BCUT2D eigenvalue weighted by Crippen LogP contribution is -2.46. The number of rotatable bonds is 8. The summed E-state index contributed by atoms with van der Waals surface area (Å²) < 4.78 is 11.4. The molecule has 0 spiro atoms. The van der Waals surface area contributed by atoms with Crippen molar-refractivity contribution in [3.8, 4) is 5.75 Å². The van der Waals surface area contributed by atoms with E-state index in [1.54, 1.807) is 13.0 Å². The minimum atomic E-state index is -1.07. The smallest absolute Gasteiger partial charge is 0.339 e. The highest BCUT2D eigenvalue weighted by Crippen LogP contribution is 2.35. The van der Waals surface area contributed by atoms with Crippen LogP contribution in [0, 0.1) is 6.92 Å². The van der Waals surface area contributed by atoms with Crippen molar-refractivity contribution in [2.24, 2.45) is 0 Å². The molecule has 8 heteroatoms. The Morgan fingerprint density at radius 1 is 1.31 bits per heavy atom. The number of carboxylic acid groups (broad SMARTS) is 1. The lowest BCUT2D eigenvalue weighted by molar-refractivity contribution is -0.142. The third-order valence-electron chi connectivity index (χ3n) is 5.08. The van der Waals surface area contributed by atoms with Crippen molar-refractivity contribution >= 4 is 34.6 Å². The number of amides is 1. The molecule has 0 fully saturated rings. The monoisotopic (exact) mass is 419 g/mol. The van der Waals surface area contributed by atoms with Crippen LogP contribution in [0.25, 0.3) is 11.0 Å². The van der Waals surface area contributed by atoms with Gasteiger partial charge in [-0.15, -0.1) is 0 Å². The van der Waals surface area contributed by atoms with Crippen LogP contribution in [0.5, 0.6) is 5.75 Å². The molecule has 2 atom stereocenters. The molecule has 1 aromatic heterocycles. The van der Waals surface area contributed by atoms with Crippen molar-refractivity contribution in [1.29, 1.82) is 0 Å². The zero-order valence-corrected chi connectivity index (χ0v) is 17.6.